The predicted molar refractivity (Wildman–Crippen MR) is 61.4 cm³/mol. The number of anilines is 2. The van der Waals surface area contributed by atoms with Gasteiger partial charge in [-0.3, -0.25) is 0 Å². The molecular formula is C12H17FN2. The van der Waals surface area contributed by atoms with Crippen molar-refractivity contribution in [3.05, 3.63) is 24.0 Å². The van der Waals surface area contributed by atoms with Crippen LogP contribution < -0.4 is 10.6 Å². The Morgan fingerprint density at radius 2 is 2.13 bits per heavy atom. The summed E-state index contributed by atoms with van der Waals surface area (Å²) < 4.78 is 13.3. The Balaban J connectivity index is 2.33. The van der Waals surface area contributed by atoms with Gasteiger partial charge in [-0.05, 0) is 31.4 Å². The van der Waals surface area contributed by atoms with Crippen LogP contribution in [0.5, 0.6) is 0 Å². The number of nitrogen functional groups attached to an aromatic ring is 1. The van der Waals surface area contributed by atoms with Gasteiger partial charge in [0.1, 0.15) is 5.82 Å². The van der Waals surface area contributed by atoms with Gasteiger partial charge in [0.25, 0.3) is 0 Å². The van der Waals surface area contributed by atoms with Crippen molar-refractivity contribution in [1.29, 1.82) is 0 Å². The van der Waals surface area contributed by atoms with E-state index in [4.69, 9.17) is 5.73 Å². The lowest BCUT2D eigenvalue weighted by atomic mass is 10.1. The number of rotatable bonds is 1. The molecule has 1 aromatic carbocycles. The van der Waals surface area contributed by atoms with E-state index in [0.717, 1.165) is 18.7 Å². The molecule has 0 amide bonds. The summed E-state index contributed by atoms with van der Waals surface area (Å²) in [5, 5.41) is 0. The minimum Gasteiger partial charge on any atom is -0.395 e. The summed E-state index contributed by atoms with van der Waals surface area (Å²) in [6.07, 6.45) is 1.15. The molecular weight excluding hydrogens is 191 g/mol. The number of nitrogens with zero attached hydrogens (tertiary/aromatic N) is 1. The van der Waals surface area contributed by atoms with Gasteiger partial charge in [0.05, 0.1) is 11.4 Å². The predicted octanol–water partition coefficient (Wildman–Crippen LogP) is 2.64. The third-order valence-electron chi connectivity index (χ3n) is 3.12. The monoisotopic (exact) mass is 208 g/mol. The summed E-state index contributed by atoms with van der Waals surface area (Å²) >= 11 is 0. The second-order valence-corrected chi connectivity index (χ2v) is 4.51. The average molecular weight is 208 g/mol. The van der Waals surface area contributed by atoms with Crippen molar-refractivity contribution in [2.24, 2.45) is 5.92 Å². The molecule has 15 heavy (non-hydrogen) atoms. The van der Waals surface area contributed by atoms with Crippen LogP contribution in [0.25, 0.3) is 0 Å². The van der Waals surface area contributed by atoms with E-state index < -0.39 is 0 Å². The zero-order chi connectivity index (χ0) is 11.0. The van der Waals surface area contributed by atoms with E-state index in [9.17, 15) is 4.39 Å². The van der Waals surface area contributed by atoms with E-state index in [-0.39, 0.29) is 11.5 Å². The molecule has 1 saturated heterocycles. The topological polar surface area (TPSA) is 29.3 Å². The van der Waals surface area contributed by atoms with Crippen molar-refractivity contribution in [2.75, 3.05) is 17.2 Å². The van der Waals surface area contributed by atoms with Gasteiger partial charge in [-0.1, -0.05) is 13.0 Å². The summed E-state index contributed by atoms with van der Waals surface area (Å²) in [5.41, 5.74) is 6.87. The van der Waals surface area contributed by atoms with Gasteiger partial charge in [-0.2, -0.15) is 0 Å². The highest BCUT2D eigenvalue weighted by Gasteiger charge is 2.27. The normalized spacial score (nSPS) is 25.9. The Morgan fingerprint density at radius 1 is 1.40 bits per heavy atom. The van der Waals surface area contributed by atoms with Crippen LogP contribution in [0.1, 0.15) is 20.3 Å². The number of hydrogen-bond donors (Lipinski definition) is 1. The number of nitrogens with two attached hydrogens (primary N) is 1. The molecule has 0 spiro atoms. The van der Waals surface area contributed by atoms with Crippen molar-refractivity contribution in [3.63, 3.8) is 0 Å². The van der Waals surface area contributed by atoms with Crippen LogP contribution in [0.4, 0.5) is 15.8 Å². The molecule has 1 fully saturated rings. The number of para-hydroxylation sites is 1. The Kier molecular flexibility index (Phi) is 2.55. The number of hydrogen-bond acceptors (Lipinski definition) is 2. The maximum absolute atomic E-state index is 13.3. The zero-order valence-electron chi connectivity index (χ0n) is 9.20. The van der Waals surface area contributed by atoms with E-state index in [1.54, 1.807) is 6.07 Å². The Labute approximate surface area is 89.9 Å². The van der Waals surface area contributed by atoms with Crippen LogP contribution in [-0.2, 0) is 0 Å². The van der Waals surface area contributed by atoms with Crippen molar-refractivity contribution in [1.82, 2.24) is 0 Å². The van der Waals surface area contributed by atoms with Crippen molar-refractivity contribution >= 4 is 11.4 Å². The minimum absolute atomic E-state index is 0.276. The first-order valence-corrected chi connectivity index (χ1v) is 5.40. The summed E-state index contributed by atoms with van der Waals surface area (Å²) in [6.45, 7) is 5.34. The SMILES string of the molecule is CC1CC(C)N(c2cccc(F)c2N)C1. The number of benzene rings is 1. The van der Waals surface area contributed by atoms with Crippen molar-refractivity contribution < 1.29 is 4.39 Å². The minimum atomic E-state index is -0.320. The Hall–Kier alpha value is -1.25. The van der Waals surface area contributed by atoms with E-state index >= 15 is 0 Å². The lowest BCUT2D eigenvalue weighted by molar-refractivity contribution is 0.624. The second kappa shape index (κ2) is 3.72. The summed E-state index contributed by atoms with van der Waals surface area (Å²) in [6, 6.07) is 5.47. The van der Waals surface area contributed by atoms with E-state index in [0.29, 0.717) is 12.0 Å². The molecule has 1 heterocycles. The molecule has 1 aliphatic heterocycles. The summed E-state index contributed by atoms with van der Waals surface area (Å²) in [7, 11) is 0. The van der Waals surface area contributed by atoms with Crippen molar-refractivity contribution in [2.45, 2.75) is 26.3 Å². The molecule has 0 saturated carbocycles. The molecule has 2 rings (SSSR count). The highest BCUT2D eigenvalue weighted by Crippen LogP contribution is 2.33. The Bertz CT molecular complexity index is 365. The van der Waals surface area contributed by atoms with Gasteiger partial charge in [-0.25, -0.2) is 4.39 Å². The number of halogens is 1. The standard InChI is InChI=1S/C12H17FN2/c1-8-6-9(2)15(7-8)11-5-3-4-10(13)12(11)14/h3-5,8-9H,6-7,14H2,1-2H3. The fourth-order valence-electron chi connectivity index (χ4n) is 2.41. The van der Waals surface area contributed by atoms with Crippen LogP contribution in [0.15, 0.2) is 18.2 Å². The molecule has 2 N–H and O–H groups in total. The third-order valence-corrected chi connectivity index (χ3v) is 3.12. The van der Waals surface area contributed by atoms with Crippen LogP contribution in [0.3, 0.4) is 0 Å². The maximum atomic E-state index is 13.3. The molecule has 2 atom stereocenters. The van der Waals surface area contributed by atoms with Gasteiger partial charge in [0, 0.05) is 12.6 Å². The van der Waals surface area contributed by atoms with Gasteiger partial charge >= 0.3 is 0 Å². The zero-order valence-corrected chi connectivity index (χ0v) is 9.20. The molecule has 0 radical (unpaired) electrons. The molecule has 0 aliphatic carbocycles. The van der Waals surface area contributed by atoms with Crippen LogP contribution in [0.2, 0.25) is 0 Å². The lowest BCUT2D eigenvalue weighted by Gasteiger charge is -2.25. The second-order valence-electron chi connectivity index (χ2n) is 4.51. The van der Waals surface area contributed by atoms with Gasteiger partial charge in [0.2, 0.25) is 0 Å². The summed E-state index contributed by atoms with van der Waals surface area (Å²) in [4.78, 5) is 2.20. The van der Waals surface area contributed by atoms with Crippen LogP contribution in [0, 0.1) is 11.7 Å². The largest absolute Gasteiger partial charge is 0.395 e. The molecule has 0 aromatic heterocycles. The smallest absolute Gasteiger partial charge is 0.148 e. The van der Waals surface area contributed by atoms with E-state index in [1.807, 2.05) is 6.07 Å². The fourth-order valence-corrected chi connectivity index (χ4v) is 2.41. The van der Waals surface area contributed by atoms with Crippen LogP contribution >= 0.6 is 0 Å². The van der Waals surface area contributed by atoms with Gasteiger partial charge < -0.3 is 10.6 Å². The van der Waals surface area contributed by atoms with Gasteiger partial charge in [0.15, 0.2) is 0 Å². The average Bonchev–Trinajstić information content (AvgIpc) is 2.50. The lowest BCUT2D eigenvalue weighted by Crippen LogP contribution is -2.27. The fraction of sp³-hybridized carbons (Fsp3) is 0.500. The maximum Gasteiger partial charge on any atom is 0.148 e. The Morgan fingerprint density at radius 3 is 2.73 bits per heavy atom. The first kappa shape index (κ1) is 10.3. The molecule has 82 valence electrons. The van der Waals surface area contributed by atoms with Gasteiger partial charge in [-0.15, -0.1) is 0 Å². The van der Waals surface area contributed by atoms with E-state index in [2.05, 4.69) is 18.7 Å². The summed E-state index contributed by atoms with van der Waals surface area (Å²) in [5.74, 6) is 0.335. The van der Waals surface area contributed by atoms with E-state index in [1.165, 1.54) is 6.07 Å². The third kappa shape index (κ3) is 1.78. The molecule has 2 unspecified atom stereocenters. The molecule has 1 aliphatic rings. The highest BCUT2D eigenvalue weighted by molar-refractivity contribution is 5.68. The molecule has 2 nitrogen and oxygen atoms in total. The highest BCUT2D eigenvalue weighted by atomic mass is 19.1. The van der Waals surface area contributed by atoms with Crippen molar-refractivity contribution in [3.8, 4) is 0 Å². The van der Waals surface area contributed by atoms with Crippen LogP contribution in [-0.4, -0.2) is 12.6 Å². The molecule has 1 aromatic rings. The first-order valence-electron chi connectivity index (χ1n) is 5.40. The molecule has 3 heteroatoms. The quantitative estimate of drug-likeness (QED) is 0.719. The first-order chi connectivity index (χ1) is 7.09. The molecule has 0 bridgehead atoms.